The number of hydrogen-bond donors (Lipinski definition) is 1. The molecule has 0 saturated carbocycles. The van der Waals surface area contributed by atoms with Crippen molar-refractivity contribution in [3.8, 4) is 0 Å². The van der Waals surface area contributed by atoms with Crippen LogP contribution in [0.1, 0.15) is 23.7 Å². The van der Waals surface area contributed by atoms with Crippen LogP contribution < -0.4 is 5.32 Å². The highest BCUT2D eigenvalue weighted by Gasteiger charge is 2.21. The molecule has 0 heterocycles. The number of esters is 1. The van der Waals surface area contributed by atoms with Gasteiger partial charge in [0.25, 0.3) is 5.91 Å². The predicted molar refractivity (Wildman–Crippen MR) is 65.0 cm³/mol. The standard InChI is InChI=1S/C13H15NO4/c1-9(15)11(8-12(16)18-2)14-13(17)10-6-4-3-5-7-10/h3-7,11H,8H2,1-2H3,(H,14,17)/t11-/m0/s1. The molecule has 0 aliphatic rings. The van der Waals surface area contributed by atoms with Gasteiger partial charge in [-0.3, -0.25) is 14.4 Å². The lowest BCUT2D eigenvalue weighted by molar-refractivity contribution is -0.142. The number of carbonyl (C=O) groups is 3. The number of amides is 1. The maximum atomic E-state index is 11.8. The number of methoxy groups -OCH3 is 1. The molecule has 0 spiro atoms. The normalized spacial score (nSPS) is 11.4. The number of ketones is 1. The number of Topliss-reactive ketones (excluding diaryl/α,β-unsaturated/α-hetero) is 1. The van der Waals surface area contributed by atoms with Crippen LogP contribution >= 0.6 is 0 Å². The molecule has 0 unspecified atom stereocenters. The van der Waals surface area contributed by atoms with Gasteiger partial charge >= 0.3 is 5.97 Å². The van der Waals surface area contributed by atoms with Gasteiger partial charge in [0.1, 0.15) is 0 Å². The Hall–Kier alpha value is -2.17. The molecule has 0 saturated heterocycles. The monoisotopic (exact) mass is 249 g/mol. The Kier molecular flexibility index (Phi) is 5.05. The topological polar surface area (TPSA) is 72.5 Å². The zero-order valence-electron chi connectivity index (χ0n) is 10.3. The molecule has 0 fully saturated rings. The van der Waals surface area contributed by atoms with Crippen molar-refractivity contribution in [2.75, 3.05) is 7.11 Å². The first-order valence-electron chi connectivity index (χ1n) is 5.47. The van der Waals surface area contributed by atoms with Crippen LogP contribution in [0.2, 0.25) is 0 Å². The largest absolute Gasteiger partial charge is 0.469 e. The van der Waals surface area contributed by atoms with Crippen LogP contribution in [0, 0.1) is 0 Å². The summed E-state index contributed by atoms with van der Waals surface area (Å²) in [6, 6.07) is 7.63. The Morgan fingerprint density at radius 3 is 2.33 bits per heavy atom. The van der Waals surface area contributed by atoms with Crippen molar-refractivity contribution in [2.24, 2.45) is 0 Å². The van der Waals surface area contributed by atoms with E-state index in [9.17, 15) is 14.4 Å². The second-order valence-corrected chi connectivity index (χ2v) is 3.78. The van der Waals surface area contributed by atoms with Crippen molar-refractivity contribution < 1.29 is 19.1 Å². The molecular formula is C13H15NO4. The average molecular weight is 249 g/mol. The maximum absolute atomic E-state index is 11.8. The first-order chi connectivity index (χ1) is 8.54. The summed E-state index contributed by atoms with van der Waals surface area (Å²) in [7, 11) is 1.23. The van der Waals surface area contributed by atoms with E-state index in [1.165, 1.54) is 14.0 Å². The lowest BCUT2D eigenvalue weighted by atomic mass is 10.1. The number of benzene rings is 1. The lowest BCUT2D eigenvalue weighted by Gasteiger charge is -2.14. The fraction of sp³-hybridized carbons (Fsp3) is 0.308. The van der Waals surface area contributed by atoms with E-state index in [0.717, 1.165) is 0 Å². The van der Waals surface area contributed by atoms with Crippen LogP contribution in [0.5, 0.6) is 0 Å². The molecule has 5 heteroatoms. The van der Waals surface area contributed by atoms with E-state index in [1.54, 1.807) is 30.3 Å². The molecule has 18 heavy (non-hydrogen) atoms. The Morgan fingerprint density at radius 2 is 1.83 bits per heavy atom. The minimum atomic E-state index is -0.856. The highest BCUT2D eigenvalue weighted by Crippen LogP contribution is 2.02. The van der Waals surface area contributed by atoms with Crippen molar-refractivity contribution in [2.45, 2.75) is 19.4 Å². The molecule has 0 aromatic heterocycles. The van der Waals surface area contributed by atoms with Crippen LogP contribution in [0.15, 0.2) is 30.3 Å². The van der Waals surface area contributed by atoms with E-state index >= 15 is 0 Å². The molecule has 1 aromatic rings. The van der Waals surface area contributed by atoms with E-state index in [-0.39, 0.29) is 18.1 Å². The quantitative estimate of drug-likeness (QED) is 0.788. The molecule has 5 nitrogen and oxygen atoms in total. The molecule has 1 amide bonds. The van der Waals surface area contributed by atoms with Gasteiger partial charge in [-0.2, -0.15) is 0 Å². The molecule has 1 atom stereocenters. The highest BCUT2D eigenvalue weighted by atomic mass is 16.5. The fourth-order valence-corrected chi connectivity index (χ4v) is 1.38. The maximum Gasteiger partial charge on any atom is 0.308 e. The van der Waals surface area contributed by atoms with Gasteiger partial charge in [-0.15, -0.1) is 0 Å². The van der Waals surface area contributed by atoms with Crippen molar-refractivity contribution in [3.05, 3.63) is 35.9 Å². The number of nitrogens with one attached hydrogen (secondary N) is 1. The number of carbonyl (C=O) groups excluding carboxylic acids is 3. The molecule has 0 aliphatic carbocycles. The Balaban J connectivity index is 2.70. The van der Waals surface area contributed by atoms with Crippen molar-refractivity contribution in [1.29, 1.82) is 0 Å². The van der Waals surface area contributed by atoms with Gasteiger partial charge in [0.2, 0.25) is 0 Å². The minimum Gasteiger partial charge on any atom is -0.469 e. The van der Waals surface area contributed by atoms with Crippen LogP contribution in [0.4, 0.5) is 0 Å². The lowest BCUT2D eigenvalue weighted by Crippen LogP contribution is -2.41. The molecule has 0 bridgehead atoms. The first kappa shape index (κ1) is 13.9. The van der Waals surface area contributed by atoms with E-state index < -0.39 is 12.0 Å². The SMILES string of the molecule is COC(=O)C[C@H](NC(=O)c1ccccc1)C(C)=O. The molecule has 0 aliphatic heterocycles. The van der Waals surface area contributed by atoms with E-state index in [4.69, 9.17) is 0 Å². The zero-order valence-corrected chi connectivity index (χ0v) is 10.3. The third-order valence-electron chi connectivity index (χ3n) is 2.43. The molecule has 0 radical (unpaired) electrons. The summed E-state index contributed by atoms with van der Waals surface area (Å²) in [6.45, 7) is 1.32. The van der Waals surface area contributed by atoms with E-state index in [2.05, 4.69) is 10.1 Å². The zero-order chi connectivity index (χ0) is 13.5. The van der Waals surface area contributed by atoms with Gasteiger partial charge in [-0.05, 0) is 19.1 Å². The van der Waals surface area contributed by atoms with Crippen molar-refractivity contribution >= 4 is 17.7 Å². The van der Waals surface area contributed by atoms with Crippen LogP contribution in [0.25, 0.3) is 0 Å². The summed E-state index contributed by atoms with van der Waals surface area (Å²) in [6.07, 6.45) is -0.162. The molecule has 1 N–H and O–H groups in total. The third-order valence-corrected chi connectivity index (χ3v) is 2.43. The molecule has 1 rings (SSSR count). The van der Waals surface area contributed by atoms with E-state index in [0.29, 0.717) is 5.56 Å². The minimum absolute atomic E-state index is 0.162. The van der Waals surface area contributed by atoms with Gasteiger partial charge in [-0.25, -0.2) is 0 Å². The second kappa shape index (κ2) is 6.54. The highest BCUT2D eigenvalue weighted by molar-refractivity contribution is 5.98. The Morgan fingerprint density at radius 1 is 1.22 bits per heavy atom. The van der Waals surface area contributed by atoms with Gasteiger partial charge in [0.05, 0.1) is 19.6 Å². The predicted octanol–water partition coefficient (Wildman–Crippen LogP) is 0.937. The summed E-state index contributed by atoms with van der Waals surface area (Å²) in [4.78, 5) is 34.3. The van der Waals surface area contributed by atoms with Crippen molar-refractivity contribution in [3.63, 3.8) is 0 Å². The summed E-state index contributed by atoms with van der Waals surface area (Å²) in [5.74, 6) is -1.21. The average Bonchev–Trinajstić information content (AvgIpc) is 2.38. The first-order valence-corrected chi connectivity index (χ1v) is 5.47. The molecule has 1 aromatic carbocycles. The van der Waals surface area contributed by atoms with Gasteiger partial charge in [0, 0.05) is 5.56 Å². The second-order valence-electron chi connectivity index (χ2n) is 3.78. The van der Waals surface area contributed by atoms with Crippen LogP contribution in [-0.2, 0) is 14.3 Å². The fourth-order valence-electron chi connectivity index (χ4n) is 1.38. The van der Waals surface area contributed by atoms with E-state index in [1.807, 2.05) is 0 Å². The number of hydrogen-bond acceptors (Lipinski definition) is 4. The Bertz CT molecular complexity index is 442. The summed E-state index contributed by atoms with van der Waals surface area (Å²) in [5.41, 5.74) is 0.439. The van der Waals surface area contributed by atoms with Crippen LogP contribution in [-0.4, -0.2) is 30.8 Å². The number of ether oxygens (including phenoxy) is 1. The number of rotatable bonds is 5. The third kappa shape index (κ3) is 4.01. The van der Waals surface area contributed by atoms with Crippen molar-refractivity contribution in [1.82, 2.24) is 5.32 Å². The van der Waals surface area contributed by atoms with Gasteiger partial charge in [0.15, 0.2) is 5.78 Å². The smallest absolute Gasteiger partial charge is 0.308 e. The summed E-state index contributed by atoms with van der Waals surface area (Å²) >= 11 is 0. The van der Waals surface area contributed by atoms with Gasteiger partial charge < -0.3 is 10.1 Å². The summed E-state index contributed by atoms with van der Waals surface area (Å²) < 4.78 is 4.48. The van der Waals surface area contributed by atoms with Crippen LogP contribution in [0.3, 0.4) is 0 Å². The molecule has 96 valence electrons. The molecular weight excluding hydrogens is 234 g/mol. The summed E-state index contributed by atoms with van der Waals surface area (Å²) in [5, 5.41) is 2.51. The Labute approximate surface area is 105 Å². The van der Waals surface area contributed by atoms with Gasteiger partial charge in [-0.1, -0.05) is 18.2 Å².